The lowest BCUT2D eigenvalue weighted by Crippen LogP contribution is -2.64. The van der Waals surface area contributed by atoms with Crippen LogP contribution in [0.4, 0.5) is 0 Å². The molecule has 2 aromatic carbocycles. The van der Waals surface area contributed by atoms with E-state index in [1.807, 2.05) is 0 Å². The molecule has 0 amide bonds. The summed E-state index contributed by atoms with van der Waals surface area (Å²) in [5, 5.41) is 81.5. The van der Waals surface area contributed by atoms with E-state index in [4.69, 9.17) is 23.4 Å². The van der Waals surface area contributed by atoms with Gasteiger partial charge in [-0.2, -0.15) is 0 Å². The van der Waals surface area contributed by atoms with Crippen LogP contribution < -0.4 is 10.2 Å². The fourth-order valence-corrected chi connectivity index (χ4v) is 4.82. The molecule has 2 aliphatic heterocycles. The summed E-state index contributed by atoms with van der Waals surface area (Å²) in [5.74, 6) is -0.457. The van der Waals surface area contributed by atoms with Gasteiger partial charge in [-0.05, 0) is 31.2 Å². The highest BCUT2D eigenvalue weighted by atomic mass is 16.7. The molecule has 0 unspecified atom stereocenters. The van der Waals surface area contributed by atoms with Gasteiger partial charge in [-0.3, -0.25) is 4.79 Å². The molecular formula is C27H30O14. The van der Waals surface area contributed by atoms with Gasteiger partial charge in [0.05, 0.1) is 12.7 Å². The number of ether oxygens (including phenoxy) is 4. The molecule has 0 radical (unpaired) electrons. The monoisotopic (exact) mass is 578 g/mol. The summed E-state index contributed by atoms with van der Waals surface area (Å²) >= 11 is 0. The molecule has 0 bridgehead atoms. The second kappa shape index (κ2) is 11.5. The van der Waals surface area contributed by atoms with E-state index in [1.165, 1.54) is 43.3 Å². The number of aromatic hydroxyl groups is 2. The Morgan fingerprint density at radius 1 is 0.805 bits per heavy atom. The van der Waals surface area contributed by atoms with Gasteiger partial charge in [0.1, 0.15) is 76.7 Å². The molecule has 0 aliphatic carbocycles. The van der Waals surface area contributed by atoms with Crippen LogP contribution in [0.15, 0.2) is 51.7 Å². The van der Waals surface area contributed by atoms with Crippen LogP contribution in [0.3, 0.4) is 0 Å². The van der Waals surface area contributed by atoms with Gasteiger partial charge in [-0.25, -0.2) is 0 Å². The Kier molecular flexibility index (Phi) is 8.20. The molecule has 2 fully saturated rings. The normalized spacial score (nSPS) is 34.0. The predicted octanol–water partition coefficient (Wildman–Crippen LogP) is -1.10. The van der Waals surface area contributed by atoms with Crippen molar-refractivity contribution < 1.29 is 64.2 Å². The summed E-state index contributed by atoms with van der Waals surface area (Å²) in [5.41, 5.74) is -0.171. The number of aliphatic hydroxyl groups excluding tert-OH is 6. The van der Waals surface area contributed by atoms with Crippen LogP contribution in [0.1, 0.15) is 6.92 Å². The maximum atomic E-state index is 13.1. The first-order chi connectivity index (χ1) is 19.5. The number of phenols is 2. The molecule has 3 aromatic rings. The number of phenolic OH excluding ortho intramolecular Hbond substituents is 2. The SMILES string of the molecule is C[C@@H]1O[C@@H](O[C@@H]2[C@@H](O)[C@H](O)[C@@H](Oc3cc(O)cc4oc(-c5ccc(O)cc5)cc(=O)c34)O[C@H]2CO)[C@H](O)[C@H](O)[C@H]1O. The molecule has 2 saturated heterocycles. The van der Waals surface area contributed by atoms with Crippen molar-refractivity contribution >= 4 is 11.0 Å². The quantitative estimate of drug-likeness (QED) is 0.174. The van der Waals surface area contributed by atoms with Crippen molar-refractivity contribution in [1.29, 1.82) is 0 Å². The molecule has 14 nitrogen and oxygen atoms in total. The molecule has 222 valence electrons. The Morgan fingerprint density at radius 3 is 2.17 bits per heavy atom. The summed E-state index contributed by atoms with van der Waals surface area (Å²) in [6, 6.07) is 9.31. The summed E-state index contributed by atoms with van der Waals surface area (Å²) in [4.78, 5) is 13.1. The molecule has 0 spiro atoms. The number of benzene rings is 2. The molecule has 2 aliphatic rings. The second-order valence-electron chi connectivity index (χ2n) is 9.95. The van der Waals surface area contributed by atoms with Crippen LogP contribution in [0.5, 0.6) is 17.2 Å². The lowest BCUT2D eigenvalue weighted by molar-refractivity contribution is -0.349. The molecule has 0 saturated carbocycles. The van der Waals surface area contributed by atoms with Crippen molar-refractivity contribution in [3.63, 3.8) is 0 Å². The van der Waals surface area contributed by atoms with E-state index in [9.17, 15) is 45.6 Å². The Balaban J connectivity index is 1.40. The van der Waals surface area contributed by atoms with Gasteiger partial charge in [-0.1, -0.05) is 0 Å². The zero-order valence-electron chi connectivity index (χ0n) is 21.5. The third-order valence-electron chi connectivity index (χ3n) is 7.09. The van der Waals surface area contributed by atoms with Gasteiger partial charge in [0.25, 0.3) is 0 Å². The Hall–Kier alpha value is -3.31. The maximum absolute atomic E-state index is 13.1. The van der Waals surface area contributed by atoms with E-state index in [0.717, 1.165) is 6.07 Å². The average molecular weight is 579 g/mol. The highest BCUT2D eigenvalue weighted by molar-refractivity contribution is 5.86. The molecule has 10 atom stereocenters. The van der Waals surface area contributed by atoms with Crippen LogP contribution in [0.2, 0.25) is 0 Å². The van der Waals surface area contributed by atoms with E-state index < -0.39 is 73.4 Å². The van der Waals surface area contributed by atoms with Crippen molar-refractivity contribution in [2.45, 2.75) is 68.3 Å². The number of hydrogen-bond acceptors (Lipinski definition) is 14. The van der Waals surface area contributed by atoms with Crippen LogP contribution in [0, 0.1) is 0 Å². The minimum Gasteiger partial charge on any atom is -0.508 e. The van der Waals surface area contributed by atoms with Gasteiger partial charge in [0.15, 0.2) is 11.7 Å². The smallest absolute Gasteiger partial charge is 0.229 e. The second-order valence-corrected chi connectivity index (χ2v) is 9.95. The predicted molar refractivity (Wildman–Crippen MR) is 137 cm³/mol. The third-order valence-corrected chi connectivity index (χ3v) is 7.09. The Morgan fingerprint density at radius 2 is 1.49 bits per heavy atom. The molecule has 8 N–H and O–H groups in total. The van der Waals surface area contributed by atoms with Crippen LogP contribution in [-0.4, -0.2) is 109 Å². The summed E-state index contributed by atoms with van der Waals surface area (Å²) in [7, 11) is 0. The third kappa shape index (κ3) is 5.61. The van der Waals surface area contributed by atoms with E-state index in [2.05, 4.69) is 0 Å². The first-order valence-corrected chi connectivity index (χ1v) is 12.7. The lowest BCUT2D eigenvalue weighted by atomic mass is 9.97. The topological polar surface area (TPSA) is 229 Å². The summed E-state index contributed by atoms with van der Waals surface area (Å²) < 4.78 is 28.1. The Labute approximate surface area is 231 Å². The average Bonchev–Trinajstić information content (AvgIpc) is 2.94. The zero-order chi connectivity index (χ0) is 29.6. The van der Waals surface area contributed by atoms with Crippen molar-refractivity contribution in [3.8, 4) is 28.6 Å². The molecule has 14 heteroatoms. The lowest BCUT2D eigenvalue weighted by Gasteiger charge is -2.45. The van der Waals surface area contributed by atoms with Gasteiger partial charge >= 0.3 is 0 Å². The van der Waals surface area contributed by atoms with Crippen molar-refractivity contribution in [1.82, 2.24) is 0 Å². The molecule has 3 heterocycles. The van der Waals surface area contributed by atoms with E-state index in [0.29, 0.717) is 5.56 Å². The highest BCUT2D eigenvalue weighted by Gasteiger charge is 2.50. The number of aliphatic hydroxyl groups is 6. The molecular weight excluding hydrogens is 548 g/mol. The molecule has 41 heavy (non-hydrogen) atoms. The summed E-state index contributed by atoms with van der Waals surface area (Å²) in [6.45, 7) is 0.673. The van der Waals surface area contributed by atoms with E-state index in [-0.39, 0.29) is 34.0 Å². The first-order valence-electron chi connectivity index (χ1n) is 12.7. The minimum absolute atomic E-state index is 0.0145. The summed E-state index contributed by atoms with van der Waals surface area (Å²) in [6.07, 6.45) is -15.4. The van der Waals surface area contributed by atoms with Gasteiger partial charge < -0.3 is 64.2 Å². The van der Waals surface area contributed by atoms with Crippen molar-refractivity contribution in [3.05, 3.63) is 52.7 Å². The van der Waals surface area contributed by atoms with Crippen molar-refractivity contribution in [2.24, 2.45) is 0 Å². The number of fused-ring (bicyclic) bond motifs is 1. The van der Waals surface area contributed by atoms with Crippen molar-refractivity contribution in [2.75, 3.05) is 6.61 Å². The zero-order valence-corrected chi connectivity index (χ0v) is 21.5. The highest BCUT2D eigenvalue weighted by Crippen LogP contribution is 2.35. The molecule has 5 rings (SSSR count). The van der Waals surface area contributed by atoms with Gasteiger partial charge in [-0.15, -0.1) is 0 Å². The fourth-order valence-electron chi connectivity index (χ4n) is 4.82. The van der Waals surface area contributed by atoms with Crippen LogP contribution in [-0.2, 0) is 14.2 Å². The molecule has 1 aromatic heterocycles. The van der Waals surface area contributed by atoms with E-state index in [1.54, 1.807) is 0 Å². The van der Waals surface area contributed by atoms with Gasteiger partial charge in [0.2, 0.25) is 6.29 Å². The largest absolute Gasteiger partial charge is 0.508 e. The van der Waals surface area contributed by atoms with Crippen LogP contribution in [0.25, 0.3) is 22.3 Å². The van der Waals surface area contributed by atoms with Crippen LogP contribution >= 0.6 is 0 Å². The number of rotatable bonds is 6. The fraction of sp³-hybridized carbons (Fsp3) is 0.444. The minimum atomic E-state index is -1.84. The first kappa shape index (κ1) is 29.2. The standard InChI is InChI=1S/C27H30O14/c1-10-20(32)21(33)23(35)26(37-10)41-25-18(9-28)40-27(24(36)22(25)34)39-17-7-13(30)6-16-19(17)14(31)8-15(38-16)11-2-4-12(29)5-3-11/h2-8,10,18,20-30,32-36H,9H2,1H3/t10-,18-,20-,21+,22-,23+,24-,25-,26-,27-/m0/s1. The maximum Gasteiger partial charge on any atom is 0.229 e. The number of hydrogen-bond donors (Lipinski definition) is 8. The van der Waals surface area contributed by atoms with E-state index >= 15 is 0 Å². The van der Waals surface area contributed by atoms with Gasteiger partial charge in [0, 0.05) is 23.8 Å². The Bertz CT molecular complexity index is 1420.